The number of carbonyl (C=O) groups excluding carboxylic acids is 3. The standard InChI is InChI=1S/C26H43N3O5/c1-11-17(4)29(23(32)20(16(2)3)27-24(33)34-26(8,9)10)21(22(31)28-25(5,6)7)18-14-12-13-15-19(18)30/h12-17,20-21,30H,11H2,1-10H3,(H,27,33)(H,28,31). The molecular formula is C26H43N3O5. The Kier molecular flexibility index (Phi) is 9.97. The van der Waals surface area contributed by atoms with Crippen molar-refractivity contribution >= 4 is 17.9 Å². The Morgan fingerprint density at radius 1 is 1.03 bits per heavy atom. The lowest BCUT2D eigenvalue weighted by molar-refractivity contribution is -0.146. The molecule has 3 unspecified atom stereocenters. The summed E-state index contributed by atoms with van der Waals surface area (Å²) in [4.78, 5) is 41.5. The predicted molar refractivity (Wildman–Crippen MR) is 133 cm³/mol. The van der Waals surface area contributed by atoms with Crippen LogP contribution in [0.4, 0.5) is 4.79 Å². The summed E-state index contributed by atoms with van der Waals surface area (Å²) in [5.74, 6) is -1.20. The summed E-state index contributed by atoms with van der Waals surface area (Å²) in [5, 5.41) is 16.3. The molecule has 0 saturated heterocycles. The molecule has 3 N–H and O–H groups in total. The van der Waals surface area contributed by atoms with E-state index in [1.807, 2.05) is 48.5 Å². The maximum Gasteiger partial charge on any atom is 0.408 e. The molecule has 34 heavy (non-hydrogen) atoms. The normalized spacial score (nSPS) is 14.7. The fourth-order valence-corrected chi connectivity index (χ4v) is 3.48. The predicted octanol–water partition coefficient (Wildman–Crippen LogP) is 4.52. The third-order valence-electron chi connectivity index (χ3n) is 5.18. The fraction of sp³-hybridized carbons (Fsp3) is 0.654. The van der Waals surface area contributed by atoms with Crippen LogP contribution in [0.3, 0.4) is 0 Å². The Balaban J connectivity index is 3.56. The summed E-state index contributed by atoms with van der Waals surface area (Å²) < 4.78 is 5.37. The summed E-state index contributed by atoms with van der Waals surface area (Å²) in [6, 6.07) is 4.12. The molecule has 0 spiro atoms. The highest BCUT2D eigenvalue weighted by atomic mass is 16.6. The van der Waals surface area contributed by atoms with Gasteiger partial charge < -0.3 is 25.4 Å². The van der Waals surface area contributed by atoms with Gasteiger partial charge in [-0.1, -0.05) is 39.0 Å². The highest BCUT2D eigenvalue weighted by molar-refractivity contribution is 5.93. The van der Waals surface area contributed by atoms with Crippen molar-refractivity contribution in [1.29, 1.82) is 0 Å². The van der Waals surface area contributed by atoms with Gasteiger partial charge in [-0.25, -0.2) is 4.79 Å². The van der Waals surface area contributed by atoms with Gasteiger partial charge in [0.25, 0.3) is 0 Å². The summed E-state index contributed by atoms with van der Waals surface area (Å²) in [5.41, 5.74) is -0.968. The van der Waals surface area contributed by atoms with Crippen molar-refractivity contribution < 1.29 is 24.2 Å². The van der Waals surface area contributed by atoms with E-state index in [4.69, 9.17) is 4.74 Å². The number of nitrogens with one attached hydrogen (secondary N) is 2. The summed E-state index contributed by atoms with van der Waals surface area (Å²) in [6.07, 6.45) is -0.141. The van der Waals surface area contributed by atoms with Crippen molar-refractivity contribution in [3.05, 3.63) is 29.8 Å². The first-order chi connectivity index (χ1) is 15.5. The Bertz CT molecular complexity index is 855. The molecule has 0 aliphatic rings. The quantitative estimate of drug-likeness (QED) is 0.510. The molecule has 0 aliphatic heterocycles. The van der Waals surface area contributed by atoms with Crippen LogP contribution < -0.4 is 10.6 Å². The zero-order valence-electron chi connectivity index (χ0n) is 22.4. The molecule has 0 heterocycles. The third kappa shape index (κ3) is 8.54. The highest BCUT2D eigenvalue weighted by Gasteiger charge is 2.41. The van der Waals surface area contributed by atoms with Gasteiger partial charge in [0.05, 0.1) is 0 Å². The van der Waals surface area contributed by atoms with Gasteiger partial charge in [-0.2, -0.15) is 0 Å². The van der Waals surface area contributed by atoms with Crippen molar-refractivity contribution in [2.24, 2.45) is 5.92 Å². The van der Waals surface area contributed by atoms with Gasteiger partial charge in [-0.05, 0) is 66.9 Å². The lowest BCUT2D eigenvalue weighted by atomic mass is 9.95. The number of hydrogen-bond donors (Lipinski definition) is 3. The van der Waals surface area contributed by atoms with Crippen LogP contribution in [0.15, 0.2) is 24.3 Å². The van der Waals surface area contributed by atoms with Crippen LogP contribution in [0, 0.1) is 5.92 Å². The second kappa shape index (κ2) is 11.6. The zero-order chi connectivity index (χ0) is 26.4. The molecule has 0 saturated carbocycles. The molecule has 8 heteroatoms. The van der Waals surface area contributed by atoms with Crippen molar-refractivity contribution in [2.45, 2.75) is 105 Å². The Hall–Kier alpha value is -2.77. The number of amides is 3. The first kappa shape index (κ1) is 29.3. The van der Waals surface area contributed by atoms with Crippen LogP contribution in [0.2, 0.25) is 0 Å². The number of para-hydroxylation sites is 1. The fourth-order valence-electron chi connectivity index (χ4n) is 3.48. The molecular weight excluding hydrogens is 434 g/mol. The van der Waals surface area contributed by atoms with E-state index in [-0.39, 0.29) is 17.7 Å². The van der Waals surface area contributed by atoms with Crippen LogP contribution in [-0.4, -0.2) is 51.1 Å². The number of hydrogen-bond acceptors (Lipinski definition) is 5. The van der Waals surface area contributed by atoms with Crippen LogP contribution in [-0.2, 0) is 14.3 Å². The number of rotatable bonds is 8. The second-order valence-corrected chi connectivity index (χ2v) is 11.1. The molecule has 3 amide bonds. The zero-order valence-corrected chi connectivity index (χ0v) is 22.4. The molecule has 8 nitrogen and oxygen atoms in total. The summed E-state index contributed by atoms with van der Waals surface area (Å²) in [7, 11) is 0. The van der Waals surface area contributed by atoms with Gasteiger partial charge in [-0.3, -0.25) is 9.59 Å². The van der Waals surface area contributed by atoms with Crippen LogP contribution in [0.25, 0.3) is 0 Å². The van der Waals surface area contributed by atoms with Crippen LogP contribution in [0.5, 0.6) is 5.75 Å². The van der Waals surface area contributed by atoms with Crippen molar-refractivity contribution in [3.63, 3.8) is 0 Å². The number of carbonyl (C=O) groups is 3. The molecule has 0 aliphatic carbocycles. The summed E-state index contributed by atoms with van der Waals surface area (Å²) in [6.45, 7) is 18.2. The minimum Gasteiger partial charge on any atom is -0.508 e. The van der Waals surface area contributed by atoms with E-state index in [0.29, 0.717) is 12.0 Å². The van der Waals surface area contributed by atoms with Gasteiger partial charge in [0.2, 0.25) is 11.8 Å². The minimum absolute atomic E-state index is 0.0844. The number of phenolic OH excluding ortho intramolecular Hbond substituents is 1. The smallest absolute Gasteiger partial charge is 0.408 e. The molecule has 0 fully saturated rings. The van der Waals surface area contributed by atoms with E-state index in [0.717, 1.165) is 0 Å². The number of aromatic hydroxyl groups is 1. The summed E-state index contributed by atoms with van der Waals surface area (Å²) >= 11 is 0. The van der Waals surface area contributed by atoms with Crippen molar-refractivity contribution in [2.75, 3.05) is 0 Å². The largest absolute Gasteiger partial charge is 0.508 e. The van der Waals surface area contributed by atoms with Crippen LogP contribution >= 0.6 is 0 Å². The number of alkyl carbamates (subject to hydrolysis) is 1. The molecule has 1 aromatic rings. The highest BCUT2D eigenvalue weighted by Crippen LogP contribution is 2.32. The van der Waals surface area contributed by atoms with Gasteiger partial charge in [0.1, 0.15) is 23.4 Å². The first-order valence-electron chi connectivity index (χ1n) is 11.9. The van der Waals surface area contributed by atoms with Gasteiger partial charge in [0, 0.05) is 17.1 Å². The average Bonchev–Trinajstić information content (AvgIpc) is 2.67. The topological polar surface area (TPSA) is 108 Å². The van der Waals surface area contributed by atoms with E-state index in [2.05, 4.69) is 10.6 Å². The van der Waals surface area contributed by atoms with Gasteiger partial charge in [-0.15, -0.1) is 0 Å². The molecule has 192 valence electrons. The lowest BCUT2D eigenvalue weighted by Crippen LogP contribution is -2.58. The maximum atomic E-state index is 14.0. The Labute approximate surface area is 204 Å². The van der Waals surface area contributed by atoms with E-state index in [1.165, 1.54) is 11.0 Å². The minimum atomic E-state index is -1.09. The maximum absolute atomic E-state index is 14.0. The SMILES string of the molecule is CCC(C)N(C(=O)C(NC(=O)OC(C)(C)C)C(C)C)C(C(=O)NC(C)(C)C)c1ccccc1O. The van der Waals surface area contributed by atoms with Gasteiger partial charge >= 0.3 is 6.09 Å². The lowest BCUT2D eigenvalue weighted by Gasteiger charge is -2.40. The molecule has 1 aromatic carbocycles. The monoisotopic (exact) mass is 477 g/mol. The molecule has 0 bridgehead atoms. The van der Waals surface area contributed by atoms with Crippen molar-refractivity contribution in [3.8, 4) is 5.75 Å². The number of benzene rings is 1. The van der Waals surface area contributed by atoms with E-state index >= 15 is 0 Å². The molecule has 0 aromatic heterocycles. The molecule has 3 atom stereocenters. The second-order valence-electron chi connectivity index (χ2n) is 11.1. The molecule has 1 rings (SSSR count). The van der Waals surface area contributed by atoms with E-state index in [1.54, 1.807) is 39.0 Å². The Morgan fingerprint density at radius 2 is 1.59 bits per heavy atom. The van der Waals surface area contributed by atoms with E-state index < -0.39 is 41.1 Å². The number of nitrogens with zero attached hydrogens (tertiary/aromatic N) is 1. The van der Waals surface area contributed by atoms with Crippen LogP contribution in [0.1, 0.15) is 87.3 Å². The van der Waals surface area contributed by atoms with Gasteiger partial charge in [0.15, 0.2) is 0 Å². The molecule has 0 radical (unpaired) electrons. The third-order valence-corrected chi connectivity index (χ3v) is 5.18. The van der Waals surface area contributed by atoms with Crippen molar-refractivity contribution in [1.82, 2.24) is 15.5 Å². The number of ether oxygens (including phenoxy) is 1. The first-order valence-corrected chi connectivity index (χ1v) is 11.9. The average molecular weight is 478 g/mol. The Morgan fingerprint density at radius 3 is 2.03 bits per heavy atom. The number of phenols is 1. The van der Waals surface area contributed by atoms with E-state index in [9.17, 15) is 19.5 Å².